The van der Waals surface area contributed by atoms with Crippen LogP contribution in [0.5, 0.6) is 0 Å². The Kier molecular flexibility index (Phi) is 6.89. The highest BCUT2D eigenvalue weighted by Gasteiger charge is 2.16. The number of carbonyl (C=O) groups is 1. The molecular weight excluding hydrogens is 268 g/mol. The van der Waals surface area contributed by atoms with Crippen LogP contribution < -0.4 is 0 Å². The van der Waals surface area contributed by atoms with Crippen LogP contribution in [-0.4, -0.2) is 42.5 Å². The Morgan fingerprint density at radius 2 is 2.10 bits per heavy atom. The van der Waals surface area contributed by atoms with Gasteiger partial charge >= 0.3 is 0 Å². The molecule has 0 spiro atoms. The van der Waals surface area contributed by atoms with Crippen LogP contribution in [0, 0.1) is 0 Å². The molecule has 0 radical (unpaired) electrons. The minimum atomic E-state index is 0.182. The molecule has 1 aliphatic carbocycles. The van der Waals surface area contributed by atoms with E-state index in [1.165, 1.54) is 32.1 Å². The Balaban J connectivity index is 1.70. The number of ether oxygens (including phenoxy) is 2. The maximum Gasteiger partial charge on any atom is 0.141 e. The van der Waals surface area contributed by atoms with E-state index in [-0.39, 0.29) is 5.78 Å². The zero-order valence-electron chi connectivity index (χ0n) is 12.9. The fourth-order valence-corrected chi connectivity index (χ4v) is 2.74. The number of aromatic nitrogens is 2. The highest BCUT2D eigenvalue weighted by Crippen LogP contribution is 2.27. The second-order valence-electron chi connectivity index (χ2n) is 5.65. The number of carbonyl (C=O) groups excluding carboxylic acids is 1. The van der Waals surface area contributed by atoms with Gasteiger partial charge in [0.05, 0.1) is 38.0 Å². The first-order valence-electron chi connectivity index (χ1n) is 7.92. The lowest BCUT2D eigenvalue weighted by atomic mass is 9.96. The number of Topliss-reactive ketones (excluding diaryl/α,β-unsaturated/α-hetero) is 1. The quantitative estimate of drug-likeness (QED) is 0.657. The van der Waals surface area contributed by atoms with Gasteiger partial charge in [0.2, 0.25) is 0 Å². The number of nitrogens with zero attached hydrogens (tertiary/aromatic N) is 2. The first-order valence-corrected chi connectivity index (χ1v) is 7.92. The first-order chi connectivity index (χ1) is 10.3. The molecule has 118 valence electrons. The van der Waals surface area contributed by atoms with Crippen molar-refractivity contribution in [1.29, 1.82) is 0 Å². The summed E-state index contributed by atoms with van der Waals surface area (Å²) in [6, 6.07) is 2.50. The van der Waals surface area contributed by atoms with Gasteiger partial charge in [-0.05, 0) is 18.9 Å². The lowest BCUT2D eigenvalue weighted by Crippen LogP contribution is -2.14. The summed E-state index contributed by atoms with van der Waals surface area (Å²) in [5.41, 5.74) is 0.877. The molecule has 0 aromatic carbocycles. The van der Waals surface area contributed by atoms with E-state index in [4.69, 9.17) is 9.47 Å². The Morgan fingerprint density at radius 1 is 1.29 bits per heavy atom. The lowest BCUT2D eigenvalue weighted by Gasteiger charge is -2.21. The standard InChI is InChI=1S/C16H26N2O3/c1-20-11-12-21-10-8-16(19)13-14-7-9-18(17-14)15-5-3-2-4-6-15/h7,9,15H,2-6,8,10-13H2,1H3. The smallest absolute Gasteiger partial charge is 0.141 e. The molecule has 0 saturated heterocycles. The second kappa shape index (κ2) is 8.95. The summed E-state index contributed by atoms with van der Waals surface area (Å²) < 4.78 is 12.2. The van der Waals surface area contributed by atoms with Crippen molar-refractivity contribution in [2.75, 3.05) is 26.9 Å². The minimum Gasteiger partial charge on any atom is -0.382 e. The zero-order chi connectivity index (χ0) is 14.9. The highest BCUT2D eigenvalue weighted by molar-refractivity contribution is 5.80. The molecule has 0 bridgehead atoms. The molecule has 0 unspecified atom stereocenters. The molecule has 1 saturated carbocycles. The van der Waals surface area contributed by atoms with Crippen molar-refractivity contribution in [3.8, 4) is 0 Å². The molecule has 1 fully saturated rings. The molecule has 2 rings (SSSR count). The molecule has 5 nitrogen and oxygen atoms in total. The molecule has 1 aliphatic rings. The predicted molar refractivity (Wildman–Crippen MR) is 80.4 cm³/mol. The SMILES string of the molecule is COCCOCCC(=O)Cc1ccn(C2CCCCC2)n1. The van der Waals surface area contributed by atoms with Crippen LogP contribution in [0.4, 0.5) is 0 Å². The topological polar surface area (TPSA) is 53.4 Å². The monoisotopic (exact) mass is 294 g/mol. The average molecular weight is 294 g/mol. The van der Waals surface area contributed by atoms with Gasteiger partial charge in [-0.3, -0.25) is 9.48 Å². The van der Waals surface area contributed by atoms with Gasteiger partial charge < -0.3 is 9.47 Å². The van der Waals surface area contributed by atoms with Crippen molar-refractivity contribution in [3.05, 3.63) is 18.0 Å². The van der Waals surface area contributed by atoms with E-state index in [9.17, 15) is 4.79 Å². The van der Waals surface area contributed by atoms with Crippen molar-refractivity contribution >= 4 is 5.78 Å². The molecule has 1 aromatic heterocycles. The highest BCUT2D eigenvalue weighted by atomic mass is 16.5. The number of ketones is 1. The summed E-state index contributed by atoms with van der Waals surface area (Å²) in [5, 5.41) is 4.57. The summed E-state index contributed by atoms with van der Waals surface area (Å²) in [7, 11) is 1.64. The van der Waals surface area contributed by atoms with Crippen molar-refractivity contribution in [2.24, 2.45) is 0 Å². The summed E-state index contributed by atoms with van der Waals surface area (Å²) >= 11 is 0. The van der Waals surface area contributed by atoms with Gasteiger partial charge in [0, 0.05) is 19.7 Å². The van der Waals surface area contributed by atoms with Crippen molar-refractivity contribution in [1.82, 2.24) is 9.78 Å². The summed E-state index contributed by atoms with van der Waals surface area (Å²) in [6.45, 7) is 1.57. The van der Waals surface area contributed by atoms with Crippen molar-refractivity contribution < 1.29 is 14.3 Å². The van der Waals surface area contributed by atoms with Gasteiger partial charge in [0.15, 0.2) is 0 Å². The average Bonchev–Trinajstić information content (AvgIpc) is 2.96. The molecule has 0 atom stereocenters. The molecular formula is C16H26N2O3. The molecule has 5 heteroatoms. The maximum atomic E-state index is 11.9. The van der Waals surface area contributed by atoms with Crippen molar-refractivity contribution in [3.63, 3.8) is 0 Å². The fourth-order valence-electron chi connectivity index (χ4n) is 2.74. The maximum absolute atomic E-state index is 11.9. The van der Waals surface area contributed by atoms with Gasteiger partial charge in [-0.25, -0.2) is 0 Å². The van der Waals surface area contributed by atoms with Crippen LogP contribution in [0.25, 0.3) is 0 Å². The van der Waals surface area contributed by atoms with Gasteiger partial charge in [-0.15, -0.1) is 0 Å². The van der Waals surface area contributed by atoms with Crippen LogP contribution in [0.3, 0.4) is 0 Å². The van der Waals surface area contributed by atoms with E-state index in [2.05, 4.69) is 9.78 Å². The Morgan fingerprint density at radius 3 is 2.86 bits per heavy atom. The number of rotatable bonds is 9. The van der Waals surface area contributed by atoms with Crippen LogP contribution in [-0.2, 0) is 20.7 Å². The Labute approximate surface area is 126 Å². The van der Waals surface area contributed by atoms with Crippen LogP contribution in [0.1, 0.15) is 50.3 Å². The van der Waals surface area contributed by atoms with E-state index >= 15 is 0 Å². The van der Waals surface area contributed by atoms with Gasteiger partial charge in [-0.2, -0.15) is 5.10 Å². The summed E-state index contributed by atoms with van der Waals surface area (Å²) in [5.74, 6) is 0.182. The third-order valence-electron chi connectivity index (χ3n) is 3.95. The summed E-state index contributed by atoms with van der Waals surface area (Å²) in [6.07, 6.45) is 9.22. The number of hydrogen-bond acceptors (Lipinski definition) is 4. The second-order valence-corrected chi connectivity index (χ2v) is 5.65. The van der Waals surface area contributed by atoms with Crippen LogP contribution in [0.2, 0.25) is 0 Å². The van der Waals surface area contributed by atoms with E-state index in [1.807, 2.05) is 12.3 Å². The first kappa shape index (κ1) is 16.2. The molecule has 1 heterocycles. The van der Waals surface area contributed by atoms with E-state index < -0.39 is 0 Å². The van der Waals surface area contributed by atoms with Crippen molar-refractivity contribution in [2.45, 2.75) is 51.0 Å². The normalized spacial score (nSPS) is 16.2. The molecule has 0 aliphatic heterocycles. The Hall–Kier alpha value is -1.20. The molecule has 1 aromatic rings. The van der Waals surface area contributed by atoms with E-state index in [0.29, 0.717) is 38.7 Å². The third-order valence-corrected chi connectivity index (χ3v) is 3.95. The molecule has 21 heavy (non-hydrogen) atoms. The van der Waals surface area contributed by atoms with Crippen LogP contribution >= 0.6 is 0 Å². The van der Waals surface area contributed by atoms with E-state index in [1.54, 1.807) is 7.11 Å². The van der Waals surface area contributed by atoms with Crippen LogP contribution in [0.15, 0.2) is 12.3 Å². The summed E-state index contributed by atoms with van der Waals surface area (Å²) in [4.78, 5) is 11.9. The molecule has 0 amide bonds. The largest absolute Gasteiger partial charge is 0.382 e. The zero-order valence-corrected chi connectivity index (χ0v) is 12.9. The number of hydrogen-bond donors (Lipinski definition) is 0. The predicted octanol–water partition coefficient (Wildman–Crippen LogP) is 2.55. The molecule has 0 N–H and O–H groups in total. The third kappa shape index (κ3) is 5.59. The lowest BCUT2D eigenvalue weighted by molar-refractivity contribution is -0.119. The minimum absolute atomic E-state index is 0.182. The van der Waals surface area contributed by atoms with Gasteiger partial charge in [0.25, 0.3) is 0 Å². The van der Waals surface area contributed by atoms with E-state index in [0.717, 1.165) is 5.69 Å². The number of methoxy groups -OCH3 is 1. The van der Waals surface area contributed by atoms with Gasteiger partial charge in [-0.1, -0.05) is 19.3 Å². The van der Waals surface area contributed by atoms with Gasteiger partial charge in [0.1, 0.15) is 5.78 Å². The Bertz CT molecular complexity index is 425. The fraction of sp³-hybridized carbons (Fsp3) is 0.750.